The molecule has 0 bridgehead atoms. The van der Waals surface area contributed by atoms with E-state index >= 15 is 0 Å². The third kappa shape index (κ3) is 4.49. The van der Waals surface area contributed by atoms with Crippen LogP contribution in [0.2, 0.25) is 0 Å². The Kier molecular flexibility index (Phi) is 5.23. The zero-order valence-electron chi connectivity index (χ0n) is 15.5. The zero-order valence-corrected chi connectivity index (χ0v) is 15.5. The van der Waals surface area contributed by atoms with Crippen molar-refractivity contribution < 1.29 is 13.9 Å². The standard InChI is InChI=1S/C21H21FN4O2/c1-14-24-20(23-9-8-15-2-4-16(22)5-3-15)13-21(25-14)26-17-6-7-18-19(12-17)28-11-10-27-18/h2-7,12-13H,8-11H2,1H3,(H2,23,24,25,26). The summed E-state index contributed by atoms with van der Waals surface area (Å²) in [5, 5.41) is 6.58. The first-order valence-electron chi connectivity index (χ1n) is 9.16. The molecule has 0 radical (unpaired) electrons. The van der Waals surface area contributed by atoms with Crippen molar-refractivity contribution in [3.8, 4) is 11.5 Å². The number of nitrogens with zero attached hydrogens (tertiary/aromatic N) is 2. The summed E-state index contributed by atoms with van der Waals surface area (Å²) in [5.41, 5.74) is 1.92. The van der Waals surface area contributed by atoms with Gasteiger partial charge in [0.1, 0.15) is 36.5 Å². The molecule has 0 atom stereocenters. The molecule has 0 saturated carbocycles. The molecule has 0 unspecified atom stereocenters. The Morgan fingerprint density at radius 3 is 2.50 bits per heavy atom. The Balaban J connectivity index is 1.41. The van der Waals surface area contributed by atoms with Gasteiger partial charge in [0.2, 0.25) is 0 Å². The normalized spacial score (nSPS) is 12.5. The molecule has 4 rings (SSSR count). The lowest BCUT2D eigenvalue weighted by atomic mass is 10.1. The Morgan fingerprint density at radius 1 is 0.929 bits per heavy atom. The first kappa shape index (κ1) is 18.0. The maximum Gasteiger partial charge on any atom is 0.163 e. The molecule has 2 aromatic carbocycles. The topological polar surface area (TPSA) is 68.3 Å². The minimum Gasteiger partial charge on any atom is -0.486 e. The molecule has 2 heterocycles. The third-order valence-electron chi connectivity index (χ3n) is 4.29. The van der Waals surface area contributed by atoms with E-state index in [-0.39, 0.29) is 5.82 Å². The molecule has 1 aromatic heterocycles. The Morgan fingerprint density at radius 2 is 1.68 bits per heavy atom. The van der Waals surface area contributed by atoms with Gasteiger partial charge in [-0.25, -0.2) is 14.4 Å². The maximum absolute atomic E-state index is 13.0. The molecular weight excluding hydrogens is 359 g/mol. The number of aryl methyl sites for hydroxylation is 1. The maximum atomic E-state index is 13.0. The molecule has 6 nitrogen and oxygen atoms in total. The number of halogens is 1. The van der Waals surface area contributed by atoms with Gasteiger partial charge >= 0.3 is 0 Å². The smallest absolute Gasteiger partial charge is 0.163 e. The molecule has 144 valence electrons. The monoisotopic (exact) mass is 380 g/mol. The van der Waals surface area contributed by atoms with Gasteiger partial charge in [0.25, 0.3) is 0 Å². The number of aromatic nitrogens is 2. The molecule has 0 saturated heterocycles. The highest BCUT2D eigenvalue weighted by atomic mass is 19.1. The van der Waals surface area contributed by atoms with Gasteiger partial charge in [0.15, 0.2) is 11.5 Å². The summed E-state index contributed by atoms with van der Waals surface area (Å²) in [6.45, 7) is 3.65. The first-order chi connectivity index (χ1) is 13.7. The number of fused-ring (bicyclic) bond motifs is 1. The van der Waals surface area contributed by atoms with Crippen LogP contribution in [-0.2, 0) is 6.42 Å². The van der Waals surface area contributed by atoms with Crippen LogP contribution in [0, 0.1) is 12.7 Å². The highest BCUT2D eigenvalue weighted by Crippen LogP contribution is 2.33. The molecule has 0 aliphatic carbocycles. The van der Waals surface area contributed by atoms with Crippen LogP contribution in [0.4, 0.5) is 21.7 Å². The number of rotatable bonds is 6. The first-order valence-corrected chi connectivity index (χ1v) is 9.16. The van der Waals surface area contributed by atoms with Crippen LogP contribution in [0.5, 0.6) is 11.5 Å². The van der Waals surface area contributed by atoms with E-state index in [1.54, 1.807) is 12.1 Å². The van der Waals surface area contributed by atoms with E-state index in [0.29, 0.717) is 31.4 Å². The second kappa shape index (κ2) is 8.12. The highest BCUT2D eigenvalue weighted by Gasteiger charge is 2.12. The fourth-order valence-corrected chi connectivity index (χ4v) is 2.98. The lowest BCUT2D eigenvalue weighted by molar-refractivity contribution is 0.171. The zero-order chi connectivity index (χ0) is 19.3. The van der Waals surface area contributed by atoms with E-state index in [1.807, 2.05) is 31.2 Å². The van der Waals surface area contributed by atoms with Gasteiger partial charge in [-0.05, 0) is 43.2 Å². The molecule has 7 heteroatoms. The van der Waals surface area contributed by atoms with Crippen molar-refractivity contribution in [1.82, 2.24) is 9.97 Å². The van der Waals surface area contributed by atoms with Crippen LogP contribution >= 0.6 is 0 Å². The number of hydrogen-bond acceptors (Lipinski definition) is 6. The van der Waals surface area contributed by atoms with Crippen LogP contribution in [0.3, 0.4) is 0 Å². The predicted molar refractivity (Wildman–Crippen MR) is 106 cm³/mol. The summed E-state index contributed by atoms with van der Waals surface area (Å²) in [5.74, 6) is 3.33. The summed E-state index contributed by atoms with van der Waals surface area (Å²) in [4.78, 5) is 8.87. The van der Waals surface area contributed by atoms with Gasteiger partial charge in [0, 0.05) is 24.4 Å². The molecule has 0 spiro atoms. The second-order valence-electron chi connectivity index (χ2n) is 6.47. The van der Waals surface area contributed by atoms with E-state index in [1.165, 1.54) is 12.1 Å². The van der Waals surface area contributed by atoms with Gasteiger partial charge in [-0.15, -0.1) is 0 Å². The van der Waals surface area contributed by atoms with Gasteiger partial charge < -0.3 is 20.1 Å². The molecule has 0 fully saturated rings. The number of hydrogen-bond donors (Lipinski definition) is 2. The predicted octanol–water partition coefficient (Wildman–Crippen LogP) is 4.09. The fraction of sp³-hybridized carbons (Fsp3) is 0.238. The molecule has 0 amide bonds. The second-order valence-corrected chi connectivity index (χ2v) is 6.47. The average Bonchev–Trinajstić information content (AvgIpc) is 2.69. The fourth-order valence-electron chi connectivity index (χ4n) is 2.98. The Labute approximate surface area is 162 Å². The quantitative estimate of drug-likeness (QED) is 0.671. The van der Waals surface area contributed by atoms with E-state index < -0.39 is 0 Å². The molecule has 1 aliphatic rings. The Bertz CT molecular complexity index is 963. The lowest BCUT2D eigenvalue weighted by Crippen LogP contribution is -2.15. The van der Waals surface area contributed by atoms with Crippen molar-refractivity contribution in [1.29, 1.82) is 0 Å². The SMILES string of the molecule is Cc1nc(NCCc2ccc(F)cc2)cc(Nc2ccc3c(c2)OCCO3)n1. The van der Waals surface area contributed by atoms with E-state index in [0.717, 1.165) is 35.0 Å². The van der Waals surface area contributed by atoms with Crippen LogP contribution in [0.15, 0.2) is 48.5 Å². The third-order valence-corrected chi connectivity index (χ3v) is 4.29. The van der Waals surface area contributed by atoms with Crippen molar-refractivity contribution >= 4 is 17.3 Å². The molecular formula is C21H21FN4O2. The van der Waals surface area contributed by atoms with Crippen molar-refractivity contribution in [2.75, 3.05) is 30.4 Å². The van der Waals surface area contributed by atoms with Crippen LogP contribution in [0.1, 0.15) is 11.4 Å². The summed E-state index contributed by atoms with van der Waals surface area (Å²) in [7, 11) is 0. The van der Waals surface area contributed by atoms with E-state index in [9.17, 15) is 4.39 Å². The van der Waals surface area contributed by atoms with Crippen molar-refractivity contribution in [3.63, 3.8) is 0 Å². The molecule has 3 aromatic rings. The van der Waals surface area contributed by atoms with Crippen molar-refractivity contribution in [3.05, 3.63) is 65.7 Å². The summed E-state index contributed by atoms with van der Waals surface area (Å²) in [6.07, 6.45) is 0.772. The number of ether oxygens (including phenoxy) is 2. The summed E-state index contributed by atoms with van der Waals surface area (Å²) >= 11 is 0. The van der Waals surface area contributed by atoms with Crippen LogP contribution < -0.4 is 20.1 Å². The van der Waals surface area contributed by atoms with E-state index in [4.69, 9.17) is 9.47 Å². The van der Waals surface area contributed by atoms with Gasteiger partial charge in [-0.3, -0.25) is 0 Å². The highest BCUT2D eigenvalue weighted by molar-refractivity contribution is 5.63. The van der Waals surface area contributed by atoms with E-state index in [2.05, 4.69) is 20.6 Å². The molecule has 28 heavy (non-hydrogen) atoms. The minimum absolute atomic E-state index is 0.224. The molecule has 2 N–H and O–H groups in total. The number of anilines is 3. The summed E-state index contributed by atoms with van der Waals surface area (Å²) < 4.78 is 24.1. The largest absolute Gasteiger partial charge is 0.486 e. The minimum atomic E-state index is -0.224. The molecule has 1 aliphatic heterocycles. The van der Waals surface area contributed by atoms with Gasteiger partial charge in [0.05, 0.1) is 0 Å². The number of benzene rings is 2. The van der Waals surface area contributed by atoms with Gasteiger partial charge in [-0.2, -0.15) is 0 Å². The number of nitrogens with one attached hydrogen (secondary N) is 2. The van der Waals surface area contributed by atoms with Crippen molar-refractivity contribution in [2.24, 2.45) is 0 Å². The van der Waals surface area contributed by atoms with Crippen LogP contribution in [0.25, 0.3) is 0 Å². The van der Waals surface area contributed by atoms with Gasteiger partial charge in [-0.1, -0.05) is 12.1 Å². The lowest BCUT2D eigenvalue weighted by Gasteiger charge is -2.19. The van der Waals surface area contributed by atoms with Crippen molar-refractivity contribution in [2.45, 2.75) is 13.3 Å². The summed E-state index contributed by atoms with van der Waals surface area (Å²) in [6, 6.07) is 14.1. The van der Waals surface area contributed by atoms with Crippen LogP contribution in [-0.4, -0.2) is 29.7 Å². The Hall–Kier alpha value is -3.35. The average molecular weight is 380 g/mol.